The molecule has 4 fully saturated rings. The molecule has 0 aliphatic heterocycles. The van der Waals surface area contributed by atoms with Gasteiger partial charge in [-0.2, -0.15) is 0 Å². The summed E-state index contributed by atoms with van der Waals surface area (Å²) in [6.45, 7) is 11.7. The van der Waals surface area contributed by atoms with E-state index in [1.54, 1.807) is 24.8 Å². The summed E-state index contributed by atoms with van der Waals surface area (Å²) in [5, 5.41) is 0. The summed E-state index contributed by atoms with van der Waals surface area (Å²) >= 11 is 1.80. The number of hydrogen-bond acceptors (Lipinski definition) is 2. The highest BCUT2D eigenvalue weighted by Gasteiger charge is 2.60. The van der Waals surface area contributed by atoms with Gasteiger partial charge < -0.3 is 0 Å². The third-order valence-electron chi connectivity index (χ3n) is 10.2. The van der Waals surface area contributed by atoms with Crippen LogP contribution in [0.5, 0.6) is 0 Å². The maximum atomic E-state index is 3.56. The highest BCUT2D eigenvalue weighted by Crippen LogP contribution is 2.68. The molecule has 0 aromatic rings. The van der Waals surface area contributed by atoms with Gasteiger partial charge in [0.1, 0.15) is 0 Å². The predicted octanol–water partition coefficient (Wildman–Crippen LogP) is 6.79. The van der Waals surface area contributed by atoms with E-state index in [1.165, 1.54) is 51.5 Å². The molecule has 0 heterocycles. The molecule has 0 bridgehead atoms. The molecular formula is C24H43NS. The molecule has 0 aromatic heterocycles. The van der Waals surface area contributed by atoms with E-state index in [0.717, 1.165) is 41.4 Å². The van der Waals surface area contributed by atoms with Gasteiger partial charge in [-0.15, -0.1) is 0 Å². The maximum absolute atomic E-state index is 3.56. The van der Waals surface area contributed by atoms with Crippen molar-refractivity contribution in [3.05, 3.63) is 0 Å². The molecule has 2 heteroatoms. The van der Waals surface area contributed by atoms with E-state index in [4.69, 9.17) is 0 Å². The standard InChI is InChI=1S/C24H43NS/c1-16-10-12-23(3)18(14-16)6-7-19-21-9-8-20(17(2)15-25-26-5)24(21,4)13-11-22(19)23/h16-22,25H,6-15H2,1-5H3. The van der Waals surface area contributed by atoms with Crippen LogP contribution >= 0.6 is 11.9 Å². The molecule has 4 saturated carbocycles. The van der Waals surface area contributed by atoms with Crippen molar-refractivity contribution in [1.29, 1.82) is 0 Å². The van der Waals surface area contributed by atoms with Gasteiger partial charge in [0.05, 0.1) is 0 Å². The quantitative estimate of drug-likeness (QED) is 0.542. The zero-order valence-electron chi connectivity index (χ0n) is 18.0. The van der Waals surface area contributed by atoms with Crippen molar-refractivity contribution in [3.63, 3.8) is 0 Å². The second kappa shape index (κ2) is 7.29. The Morgan fingerprint density at radius 2 is 1.69 bits per heavy atom. The zero-order valence-corrected chi connectivity index (χ0v) is 18.8. The molecule has 9 atom stereocenters. The van der Waals surface area contributed by atoms with Crippen LogP contribution in [-0.4, -0.2) is 12.8 Å². The molecular weight excluding hydrogens is 334 g/mol. The van der Waals surface area contributed by atoms with Crippen LogP contribution in [0.2, 0.25) is 0 Å². The Bertz CT molecular complexity index is 506. The molecule has 0 amide bonds. The molecule has 1 N–H and O–H groups in total. The normalized spacial score (nSPS) is 52.0. The van der Waals surface area contributed by atoms with Gasteiger partial charge in [0.15, 0.2) is 0 Å². The van der Waals surface area contributed by atoms with Crippen LogP contribution in [0.3, 0.4) is 0 Å². The van der Waals surface area contributed by atoms with Crippen molar-refractivity contribution in [2.75, 3.05) is 12.8 Å². The molecule has 26 heavy (non-hydrogen) atoms. The molecule has 150 valence electrons. The molecule has 0 radical (unpaired) electrons. The van der Waals surface area contributed by atoms with Crippen molar-refractivity contribution in [2.45, 2.75) is 85.5 Å². The third-order valence-corrected chi connectivity index (χ3v) is 10.7. The number of fused-ring (bicyclic) bond motifs is 5. The molecule has 0 spiro atoms. The molecule has 4 rings (SSSR count). The summed E-state index contributed by atoms with van der Waals surface area (Å²) in [4.78, 5) is 0. The molecule has 0 saturated heterocycles. The lowest BCUT2D eigenvalue weighted by atomic mass is 9.44. The number of rotatable bonds is 4. The molecule has 1 nitrogen and oxygen atoms in total. The van der Waals surface area contributed by atoms with Crippen molar-refractivity contribution >= 4 is 11.9 Å². The minimum Gasteiger partial charge on any atom is -0.264 e. The second-order valence-electron chi connectivity index (χ2n) is 11.3. The molecule has 9 unspecified atom stereocenters. The largest absolute Gasteiger partial charge is 0.264 e. The lowest BCUT2D eigenvalue weighted by molar-refractivity contribution is -0.119. The van der Waals surface area contributed by atoms with Gasteiger partial charge in [0.2, 0.25) is 0 Å². The first kappa shape index (κ1) is 19.6. The van der Waals surface area contributed by atoms with Gasteiger partial charge in [0.25, 0.3) is 0 Å². The number of nitrogens with one attached hydrogen (secondary N) is 1. The van der Waals surface area contributed by atoms with Gasteiger partial charge in [0, 0.05) is 6.54 Å². The van der Waals surface area contributed by atoms with Gasteiger partial charge in [-0.05, 0) is 110 Å². The topological polar surface area (TPSA) is 12.0 Å². The van der Waals surface area contributed by atoms with E-state index in [2.05, 4.69) is 38.7 Å². The van der Waals surface area contributed by atoms with Crippen LogP contribution in [-0.2, 0) is 0 Å². The number of hydrogen-bond donors (Lipinski definition) is 1. The van der Waals surface area contributed by atoms with E-state index in [-0.39, 0.29) is 0 Å². The SMILES string of the molecule is CSNCC(C)C1CCC2C3CCC4CC(C)CCC4(C)C3CCC12C. The highest BCUT2D eigenvalue weighted by atomic mass is 32.2. The first-order valence-corrected chi connectivity index (χ1v) is 12.9. The van der Waals surface area contributed by atoms with E-state index in [9.17, 15) is 0 Å². The summed E-state index contributed by atoms with van der Waals surface area (Å²) in [6, 6.07) is 0. The summed E-state index contributed by atoms with van der Waals surface area (Å²) in [6.07, 6.45) is 15.9. The fourth-order valence-corrected chi connectivity index (χ4v) is 9.23. The van der Waals surface area contributed by atoms with Gasteiger partial charge >= 0.3 is 0 Å². The summed E-state index contributed by atoms with van der Waals surface area (Å²) in [5.74, 6) is 6.93. The summed E-state index contributed by atoms with van der Waals surface area (Å²) in [7, 11) is 0. The summed E-state index contributed by atoms with van der Waals surface area (Å²) in [5.41, 5.74) is 1.31. The Hall–Kier alpha value is 0.310. The smallest absolute Gasteiger partial charge is 0.00869 e. The Kier molecular flexibility index (Phi) is 5.50. The minimum atomic E-state index is 0.631. The van der Waals surface area contributed by atoms with E-state index < -0.39 is 0 Å². The Morgan fingerprint density at radius 1 is 0.962 bits per heavy atom. The lowest BCUT2D eigenvalue weighted by Gasteiger charge is -2.61. The zero-order chi connectivity index (χ0) is 18.5. The molecule has 4 aliphatic carbocycles. The van der Waals surface area contributed by atoms with Crippen LogP contribution in [0.25, 0.3) is 0 Å². The maximum Gasteiger partial charge on any atom is 0.00869 e. The van der Waals surface area contributed by atoms with Gasteiger partial charge in [-0.25, -0.2) is 0 Å². The average molecular weight is 378 g/mol. The predicted molar refractivity (Wildman–Crippen MR) is 115 cm³/mol. The van der Waals surface area contributed by atoms with Crippen molar-refractivity contribution < 1.29 is 0 Å². The lowest BCUT2D eigenvalue weighted by Crippen LogP contribution is -2.53. The van der Waals surface area contributed by atoms with E-state index in [0.29, 0.717) is 10.8 Å². The van der Waals surface area contributed by atoms with E-state index >= 15 is 0 Å². The first-order chi connectivity index (χ1) is 12.4. The third kappa shape index (κ3) is 3.00. The second-order valence-corrected chi connectivity index (χ2v) is 12.0. The van der Waals surface area contributed by atoms with Gasteiger partial charge in [-0.1, -0.05) is 46.1 Å². The first-order valence-electron chi connectivity index (χ1n) is 11.7. The Morgan fingerprint density at radius 3 is 2.46 bits per heavy atom. The van der Waals surface area contributed by atoms with Crippen LogP contribution in [0, 0.1) is 52.3 Å². The van der Waals surface area contributed by atoms with Crippen LogP contribution in [0.1, 0.15) is 85.5 Å². The van der Waals surface area contributed by atoms with Gasteiger partial charge in [-0.3, -0.25) is 4.72 Å². The fourth-order valence-electron chi connectivity index (χ4n) is 8.80. The molecule has 4 aliphatic rings. The monoisotopic (exact) mass is 377 g/mol. The van der Waals surface area contributed by atoms with Crippen molar-refractivity contribution in [1.82, 2.24) is 4.72 Å². The minimum absolute atomic E-state index is 0.631. The van der Waals surface area contributed by atoms with Crippen LogP contribution in [0.4, 0.5) is 0 Å². The van der Waals surface area contributed by atoms with Crippen molar-refractivity contribution in [2.24, 2.45) is 52.3 Å². The van der Waals surface area contributed by atoms with Crippen LogP contribution in [0.15, 0.2) is 0 Å². The molecule has 0 aromatic carbocycles. The summed E-state index contributed by atoms with van der Waals surface area (Å²) < 4.78 is 3.56. The van der Waals surface area contributed by atoms with Crippen molar-refractivity contribution in [3.8, 4) is 0 Å². The van der Waals surface area contributed by atoms with Crippen LogP contribution < -0.4 is 4.72 Å². The Balaban J connectivity index is 1.52. The fraction of sp³-hybridized carbons (Fsp3) is 1.00. The average Bonchev–Trinajstić information content (AvgIpc) is 2.97. The van der Waals surface area contributed by atoms with E-state index in [1.807, 2.05) is 0 Å². The Labute approximate surface area is 167 Å². The highest BCUT2D eigenvalue weighted by molar-refractivity contribution is 7.96.